The first kappa shape index (κ1) is 28.5. The van der Waals surface area contributed by atoms with E-state index in [1.54, 1.807) is 31.5 Å². The lowest BCUT2D eigenvalue weighted by Crippen LogP contribution is -2.33. The number of Topliss-reactive ketones (excluding diaryl/α,β-unsaturated/α-hetero) is 1. The van der Waals surface area contributed by atoms with Crippen molar-refractivity contribution in [1.82, 2.24) is 15.3 Å². The number of para-hydroxylation sites is 1. The summed E-state index contributed by atoms with van der Waals surface area (Å²) in [5.74, 6) is 1.48. The molecule has 0 saturated heterocycles. The summed E-state index contributed by atoms with van der Waals surface area (Å²) in [5.41, 5.74) is 3.78. The fourth-order valence-electron chi connectivity index (χ4n) is 5.00. The molecule has 4 aromatic rings. The number of hydrogen-bond acceptors (Lipinski definition) is 5. The van der Waals surface area contributed by atoms with Crippen LogP contribution in [0.4, 0.5) is 5.69 Å². The number of amides is 1. The number of carbonyl (C=O) groups is 2. The van der Waals surface area contributed by atoms with Gasteiger partial charge in [-0.2, -0.15) is 0 Å². The summed E-state index contributed by atoms with van der Waals surface area (Å²) >= 11 is 0. The highest BCUT2D eigenvalue weighted by Crippen LogP contribution is 2.29. The van der Waals surface area contributed by atoms with Gasteiger partial charge < -0.3 is 15.0 Å². The molecule has 4 rings (SSSR count). The minimum atomic E-state index is -0.411. The number of nitro benzene ring substituents is 1. The second-order valence-electron chi connectivity index (χ2n) is 9.94. The Kier molecular flexibility index (Phi) is 9.31. The van der Waals surface area contributed by atoms with E-state index in [0.717, 1.165) is 47.2 Å². The highest BCUT2D eigenvalue weighted by Gasteiger charge is 2.26. The van der Waals surface area contributed by atoms with Crippen LogP contribution in [0.2, 0.25) is 0 Å². The molecule has 0 unspecified atom stereocenters. The SMILES string of the molecule is CCC(=O)CCCCC[C@H](NC(=O)Cc1c(C)[nH]c2ccc(OC)cc12)c1[nH]c(-c2ccccc2[N+](=O)[O-])c[nH+]1. The van der Waals surface area contributed by atoms with Crippen LogP contribution in [0.5, 0.6) is 5.75 Å². The first-order chi connectivity index (χ1) is 19.3. The number of nitrogens with one attached hydrogen (secondary N) is 4. The predicted octanol–water partition coefficient (Wildman–Crippen LogP) is 5.53. The van der Waals surface area contributed by atoms with Gasteiger partial charge in [-0.15, -0.1) is 0 Å². The minimum absolute atomic E-state index is 0.00397. The summed E-state index contributed by atoms with van der Waals surface area (Å²) in [7, 11) is 1.61. The highest BCUT2D eigenvalue weighted by atomic mass is 16.6. The molecule has 2 aromatic carbocycles. The molecule has 1 atom stereocenters. The minimum Gasteiger partial charge on any atom is -0.497 e. The number of unbranched alkanes of at least 4 members (excludes halogenated alkanes) is 2. The van der Waals surface area contributed by atoms with Crippen molar-refractivity contribution < 1.29 is 24.2 Å². The second-order valence-corrected chi connectivity index (χ2v) is 9.94. The van der Waals surface area contributed by atoms with Crippen LogP contribution in [0.1, 0.15) is 68.6 Å². The number of aromatic nitrogens is 3. The first-order valence-electron chi connectivity index (χ1n) is 13.6. The Morgan fingerprint density at radius 3 is 2.67 bits per heavy atom. The Morgan fingerprint density at radius 2 is 1.93 bits per heavy atom. The average Bonchev–Trinajstić information content (AvgIpc) is 3.56. The molecular formula is C30H36N5O5+. The molecule has 2 aromatic heterocycles. The van der Waals surface area contributed by atoms with Crippen molar-refractivity contribution in [3.63, 3.8) is 0 Å². The highest BCUT2D eigenvalue weighted by molar-refractivity contribution is 5.91. The topological polar surface area (TPSA) is 144 Å². The van der Waals surface area contributed by atoms with Gasteiger partial charge in [0.05, 0.1) is 18.5 Å². The maximum atomic E-state index is 13.4. The Balaban J connectivity index is 1.54. The fraction of sp³-hybridized carbons (Fsp3) is 0.367. The molecule has 210 valence electrons. The van der Waals surface area contributed by atoms with E-state index in [1.165, 1.54) is 6.07 Å². The van der Waals surface area contributed by atoms with Crippen molar-refractivity contribution in [3.05, 3.63) is 75.9 Å². The molecule has 10 heteroatoms. The van der Waals surface area contributed by atoms with E-state index in [0.29, 0.717) is 36.3 Å². The largest absolute Gasteiger partial charge is 0.497 e. The van der Waals surface area contributed by atoms with Crippen molar-refractivity contribution in [2.45, 2.75) is 64.8 Å². The summed E-state index contributed by atoms with van der Waals surface area (Å²) < 4.78 is 5.38. The maximum Gasteiger partial charge on any atom is 0.281 e. The van der Waals surface area contributed by atoms with Crippen LogP contribution in [0.3, 0.4) is 0 Å². The Morgan fingerprint density at radius 1 is 1.12 bits per heavy atom. The molecule has 0 bridgehead atoms. The number of fused-ring (bicyclic) bond motifs is 1. The van der Waals surface area contributed by atoms with Crippen molar-refractivity contribution in [2.75, 3.05) is 7.11 Å². The zero-order valence-electron chi connectivity index (χ0n) is 23.1. The summed E-state index contributed by atoms with van der Waals surface area (Å²) in [6, 6.07) is 11.9. The number of ketones is 1. The monoisotopic (exact) mass is 546 g/mol. The molecule has 0 aliphatic carbocycles. The summed E-state index contributed by atoms with van der Waals surface area (Å²) in [6.45, 7) is 3.82. The van der Waals surface area contributed by atoms with Crippen molar-refractivity contribution in [1.29, 1.82) is 0 Å². The van der Waals surface area contributed by atoms with Crippen LogP contribution in [-0.2, 0) is 16.0 Å². The van der Waals surface area contributed by atoms with Crippen LogP contribution >= 0.6 is 0 Å². The van der Waals surface area contributed by atoms with Gasteiger partial charge in [0.15, 0.2) is 5.69 Å². The van der Waals surface area contributed by atoms with Gasteiger partial charge in [-0.05, 0) is 49.6 Å². The number of rotatable bonds is 14. The van der Waals surface area contributed by atoms with Gasteiger partial charge in [0.2, 0.25) is 5.91 Å². The molecule has 0 aliphatic rings. The lowest BCUT2D eigenvalue weighted by atomic mass is 10.0. The molecule has 0 radical (unpaired) electrons. The molecule has 0 aliphatic heterocycles. The van der Waals surface area contributed by atoms with Gasteiger partial charge in [-0.25, -0.2) is 9.97 Å². The number of imidazole rings is 1. The van der Waals surface area contributed by atoms with E-state index < -0.39 is 4.92 Å². The van der Waals surface area contributed by atoms with Crippen LogP contribution in [0.15, 0.2) is 48.7 Å². The third-order valence-corrected chi connectivity index (χ3v) is 7.22. The Labute approximate surface area is 232 Å². The average molecular weight is 547 g/mol. The Bertz CT molecular complexity index is 1510. The molecular weight excluding hydrogens is 510 g/mol. The zero-order chi connectivity index (χ0) is 28.6. The number of nitrogens with zero attached hydrogens (tertiary/aromatic N) is 1. The van der Waals surface area contributed by atoms with Gasteiger partial charge >= 0.3 is 0 Å². The standard InChI is InChI=1S/C30H35N5O5/c1-4-20(36)10-6-5-7-12-26(30-31-18-27(34-30)22-11-8-9-13-28(22)35(38)39)33-29(37)17-23-19(2)32-25-15-14-21(40-3)16-24(23)25/h8-9,11,13-16,18,26,32H,4-7,10,12,17H2,1-3H3,(H,31,34)(H,33,37)/p+1/t26-/m0/s1. The number of methoxy groups -OCH3 is 1. The van der Waals surface area contributed by atoms with Crippen molar-refractivity contribution in [2.24, 2.45) is 0 Å². The van der Waals surface area contributed by atoms with E-state index >= 15 is 0 Å². The van der Waals surface area contributed by atoms with Gasteiger partial charge in [-0.1, -0.05) is 31.9 Å². The Hall–Kier alpha value is -4.47. The van der Waals surface area contributed by atoms with Crippen molar-refractivity contribution in [3.8, 4) is 17.0 Å². The molecule has 0 spiro atoms. The normalized spacial score (nSPS) is 11.9. The number of H-pyrrole nitrogens is 3. The molecule has 1 amide bonds. The number of aryl methyl sites for hydroxylation is 1. The second kappa shape index (κ2) is 13.1. The van der Waals surface area contributed by atoms with E-state index in [9.17, 15) is 19.7 Å². The first-order valence-corrected chi connectivity index (χ1v) is 13.6. The zero-order valence-corrected chi connectivity index (χ0v) is 23.1. The number of aromatic amines is 3. The molecule has 2 heterocycles. The third-order valence-electron chi connectivity index (χ3n) is 7.22. The van der Waals surface area contributed by atoms with Gasteiger partial charge in [0.1, 0.15) is 29.3 Å². The number of hydrogen-bond donors (Lipinski definition) is 3. The summed E-state index contributed by atoms with van der Waals surface area (Å²) in [5, 5.41) is 15.7. The van der Waals surface area contributed by atoms with E-state index in [2.05, 4.69) is 20.3 Å². The number of nitro groups is 1. The van der Waals surface area contributed by atoms with Crippen LogP contribution in [0.25, 0.3) is 22.2 Å². The van der Waals surface area contributed by atoms with Crippen molar-refractivity contribution >= 4 is 28.3 Å². The quantitative estimate of drug-likeness (QED) is 0.108. The number of benzene rings is 2. The fourth-order valence-corrected chi connectivity index (χ4v) is 5.00. The number of carbonyl (C=O) groups excluding carboxylic acids is 2. The van der Waals surface area contributed by atoms with Crippen LogP contribution < -0.4 is 15.0 Å². The smallest absolute Gasteiger partial charge is 0.281 e. The lowest BCUT2D eigenvalue weighted by molar-refractivity contribution is -0.392. The summed E-state index contributed by atoms with van der Waals surface area (Å²) in [6.07, 6.45) is 6.08. The molecule has 0 saturated carbocycles. The molecule has 10 nitrogen and oxygen atoms in total. The molecule has 0 fully saturated rings. The third kappa shape index (κ3) is 6.74. The number of ether oxygens (including phenoxy) is 1. The lowest BCUT2D eigenvalue weighted by Gasteiger charge is -2.14. The van der Waals surface area contributed by atoms with Gasteiger partial charge in [0.25, 0.3) is 11.5 Å². The van der Waals surface area contributed by atoms with Gasteiger partial charge in [-0.3, -0.25) is 19.7 Å². The summed E-state index contributed by atoms with van der Waals surface area (Å²) in [4.78, 5) is 46.0. The van der Waals surface area contributed by atoms with E-state index in [4.69, 9.17) is 4.74 Å². The van der Waals surface area contributed by atoms with E-state index in [1.807, 2.05) is 32.0 Å². The van der Waals surface area contributed by atoms with Crippen LogP contribution in [-0.4, -0.2) is 33.7 Å². The maximum absolute atomic E-state index is 13.4. The van der Waals surface area contributed by atoms with Crippen LogP contribution in [0, 0.1) is 17.0 Å². The van der Waals surface area contributed by atoms with Gasteiger partial charge in [0, 0.05) is 35.5 Å². The molecule has 40 heavy (non-hydrogen) atoms. The van der Waals surface area contributed by atoms with E-state index in [-0.39, 0.29) is 29.8 Å². The predicted molar refractivity (Wildman–Crippen MR) is 152 cm³/mol. The molecule has 4 N–H and O–H groups in total.